The second-order valence-electron chi connectivity index (χ2n) is 4.49. The van der Waals surface area contributed by atoms with Gasteiger partial charge in [-0.15, -0.1) is 22.7 Å². The molecule has 0 saturated heterocycles. The van der Waals surface area contributed by atoms with E-state index in [1.165, 1.54) is 29.8 Å². The van der Waals surface area contributed by atoms with E-state index in [4.69, 9.17) is 0 Å². The van der Waals surface area contributed by atoms with E-state index in [1.807, 2.05) is 6.92 Å². The Balaban J connectivity index is 2.28. The lowest BCUT2D eigenvalue weighted by Crippen LogP contribution is -2.31. The highest BCUT2D eigenvalue weighted by atomic mass is 79.9. The van der Waals surface area contributed by atoms with Gasteiger partial charge in [0, 0.05) is 4.88 Å². The van der Waals surface area contributed by atoms with Crippen molar-refractivity contribution in [3.63, 3.8) is 0 Å². The zero-order valence-electron chi connectivity index (χ0n) is 12.5. The largest absolute Gasteiger partial charge is 0.453 e. The monoisotopic (exact) mass is 416 g/mol. The number of imide groups is 1. The van der Waals surface area contributed by atoms with Crippen molar-refractivity contribution in [3.05, 3.63) is 36.8 Å². The maximum atomic E-state index is 12.3. The Hall–Kier alpha value is -1.71. The molecule has 0 radical (unpaired) electrons. The number of methoxy groups -OCH3 is 1. The van der Waals surface area contributed by atoms with Gasteiger partial charge >= 0.3 is 6.09 Å². The Morgan fingerprint density at radius 3 is 2.39 bits per heavy atom. The smallest absolute Gasteiger partial charge is 0.413 e. The van der Waals surface area contributed by atoms with Crippen LogP contribution in [-0.2, 0) is 4.74 Å². The van der Waals surface area contributed by atoms with Crippen molar-refractivity contribution in [2.45, 2.75) is 13.8 Å². The third kappa shape index (κ3) is 3.98. The molecule has 2 aromatic heterocycles. The van der Waals surface area contributed by atoms with Gasteiger partial charge in [0.1, 0.15) is 5.00 Å². The lowest BCUT2D eigenvalue weighted by atomic mass is 10.1. The van der Waals surface area contributed by atoms with E-state index in [1.54, 1.807) is 19.1 Å². The van der Waals surface area contributed by atoms with E-state index in [-0.39, 0.29) is 11.5 Å². The molecule has 0 bridgehead atoms. The van der Waals surface area contributed by atoms with Crippen LogP contribution in [-0.4, -0.2) is 25.0 Å². The Morgan fingerprint density at radius 1 is 1.13 bits per heavy atom. The minimum Gasteiger partial charge on any atom is -0.453 e. The molecule has 0 saturated carbocycles. The second-order valence-corrected chi connectivity index (χ2v) is 8.18. The fourth-order valence-corrected chi connectivity index (χ4v) is 4.13. The normalized spacial score (nSPS) is 10.3. The summed E-state index contributed by atoms with van der Waals surface area (Å²) in [6, 6.07) is 3.46. The maximum Gasteiger partial charge on any atom is 0.413 e. The average molecular weight is 417 g/mol. The molecule has 2 heterocycles. The molecule has 2 rings (SSSR count). The first kappa shape index (κ1) is 17.6. The highest BCUT2D eigenvalue weighted by Gasteiger charge is 2.23. The number of thiophene rings is 2. The zero-order chi connectivity index (χ0) is 17.1. The van der Waals surface area contributed by atoms with E-state index in [0.717, 1.165) is 8.66 Å². The molecule has 0 spiro atoms. The van der Waals surface area contributed by atoms with Gasteiger partial charge in [-0.3, -0.25) is 14.9 Å². The van der Waals surface area contributed by atoms with Crippen LogP contribution in [0.15, 0.2) is 15.9 Å². The number of hydrogen-bond acceptors (Lipinski definition) is 6. The first-order valence-corrected chi connectivity index (χ1v) is 8.82. The number of aryl methyl sites for hydroxylation is 1. The van der Waals surface area contributed by atoms with Gasteiger partial charge < -0.3 is 10.1 Å². The van der Waals surface area contributed by atoms with Crippen molar-refractivity contribution in [3.8, 4) is 0 Å². The summed E-state index contributed by atoms with van der Waals surface area (Å²) in [6.07, 6.45) is -0.849. The molecule has 0 aliphatic carbocycles. The van der Waals surface area contributed by atoms with Crippen LogP contribution in [0.4, 0.5) is 9.80 Å². The number of halogens is 1. The summed E-state index contributed by atoms with van der Waals surface area (Å²) < 4.78 is 5.26. The summed E-state index contributed by atoms with van der Waals surface area (Å²) in [7, 11) is 1.17. The Morgan fingerprint density at radius 2 is 1.83 bits per heavy atom. The molecule has 9 heteroatoms. The third-order valence-corrected chi connectivity index (χ3v) is 5.78. The van der Waals surface area contributed by atoms with Gasteiger partial charge in [-0.05, 0) is 47.5 Å². The molecule has 3 amide bonds. The summed E-state index contributed by atoms with van der Waals surface area (Å²) in [4.78, 5) is 37.1. The Labute approximate surface area is 149 Å². The summed E-state index contributed by atoms with van der Waals surface area (Å²) in [6.45, 7) is 3.60. The molecule has 0 atom stereocenters. The standard InChI is InChI=1S/C14H13BrN2O4S2/c1-6-7(2)22-13(10(6)12(19)17-14(20)21-3)16-11(18)8-4-5-9(15)23-8/h4-5H,1-3H3,(H,16,18)(H,17,19,20). The number of amides is 3. The molecule has 122 valence electrons. The Bertz CT molecular complexity index is 782. The van der Waals surface area contributed by atoms with E-state index in [2.05, 4.69) is 31.3 Å². The fourth-order valence-electron chi connectivity index (χ4n) is 1.80. The van der Waals surface area contributed by atoms with Crippen LogP contribution < -0.4 is 10.6 Å². The van der Waals surface area contributed by atoms with E-state index in [0.29, 0.717) is 15.4 Å². The third-order valence-electron chi connectivity index (χ3n) is 3.04. The van der Waals surface area contributed by atoms with Gasteiger partial charge in [0.25, 0.3) is 11.8 Å². The van der Waals surface area contributed by atoms with Crippen LogP contribution >= 0.6 is 38.6 Å². The van der Waals surface area contributed by atoms with E-state index < -0.39 is 12.0 Å². The molecular formula is C14H13BrN2O4S2. The zero-order valence-corrected chi connectivity index (χ0v) is 15.7. The predicted octanol–water partition coefficient (Wildman–Crippen LogP) is 3.94. The minimum absolute atomic E-state index is 0.266. The van der Waals surface area contributed by atoms with Crippen LogP contribution in [0, 0.1) is 13.8 Å². The highest BCUT2D eigenvalue weighted by molar-refractivity contribution is 9.11. The summed E-state index contributed by atoms with van der Waals surface area (Å²) in [5.41, 5.74) is 0.973. The SMILES string of the molecule is COC(=O)NC(=O)c1c(NC(=O)c2ccc(Br)s2)sc(C)c1C. The van der Waals surface area contributed by atoms with Gasteiger partial charge in [0.05, 0.1) is 21.3 Å². The molecule has 6 nitrogen and oxygen atoms in total. The van der Waals surface area contributed by atoms with Crippen molar-refractivity contribution in [1.82, 2.24) is 5.32 Å². The maximum absolute atomic E-state index is 12.3. The molecule has 0 aromatic carbocycles. The van der Waals surface area contributed by atoms with Gasteiger partial charge in [0.15, 0.2) is 0 Å². The number of alkyl carbamates (subject to hydrolysis) is 1. The summed E-state index contributed by atoms with van der Waals surface area (Å²) >= 11 is 5.87. The average Bonchev–Trinajstić information content (AvgIpc) is 3.03. The lowest BCUT2D eigenvalue weighted by Gasteiger charge is -2.06. The minimum atomic E-state index is -0.849. The molecule has 0 aliphatic heterocycles. The predicted molar refractivity (Wildman–Crippen MR) is 93.6 cm³/mol. The number of nitrogens with one attached hydrogen (secondary N) is 2. The van der Waals surface area contributed by atoms with Crippen molar-refractivity contribution >= 4 is 61.5 Å². The summed E-state index contributed by atoms with van der Waals surface area (Å²) in [5, 5.41) is 5.24. The topological polar surface area (TPSA) is 84.5 Å². The molecule has 2 N–H and O–H groups in total. The molecule has 23 heavy (non-hydrogen) atoms. The second kappa shape index (κ2) is 7.24. The van der Waals surface area contributed by atoms with Gasteiger partial charge in [-0.2, -0.15) is 0 Å². The quantitative estimate of drug-likeness (QED) is 0.793. The number of hydrogen-bond donors (Lipinski definition) is 2. The van der Waals surface area contributed by atoms with Crippen LogP contribution in [0.5, 0.6) is 0 Å². The highest BCUT2D eigenvalue weighted by Crippen LogP contribution is 2.33. The van der Waals surface area contributed by atoms with Crippen molar-refractivity contribution < 1.29 is 19.1 Å². The first-order chi connectivity index (χ1) is 10.8. The van der Waals surface area contributed by atoms with Crippen molar-refractivity contribution in [2.75, 3.05) is 12.4 Å². The number of carbonyl (C=O) groups is 3. The molecule has 0 aliphatic rings. The van der Waals surface area contributed by atoms with Gasteiger partial charge in [0.2, 0.25) is 0 Å². The molecular weight excluding hydrogens is 404 g/mol. The van der Waals surface area contributed by atoms with Gasteiger partial charge in [-0.1, -0.05) is 0 Å². The summed E-state index contributed by atoms with van der Waals surface area (Å²) in [5.74, 6) is -0.921. The van der Waals surface area contributed by atoms with Crippen LogP contribution in [0.1, 0.15) is 30.5 Å². The Kier molecular flexibility index (Phi) is 5.55. The van der Waals surface area contributed by atoms with Gasteiger partial charge in [-0.25, -0.2) is 4.79 Å². The van der Waals surface area contributed by atoms with Crippen LogP contribution in [0.2, 0.25) is 0 Å². The number of ether oxygens (including phenoxy) is 1. The van der Waals surface area contributed by atoms with Crippen molar-refractivity contribution in [2.24, 2.45) is 0 Å². The first-order valence-electron chi connectivity index (χ1n) is 6.39. The lowest BCUT2D eigenvalue weighted by molar-refractivity contribution is 0.0937. The van der Waals surface area contributed by atoms with E-state index in [9.17, 15) is 14.4 Å². The number of rotatable bonds is 3. The molecule has 0 unspecified atom stereocenters. The van der Waals surface area contributed by atoms with Crippen LogP contribution in [0.3, 0.4) is 0 Å². The number of anilines is 1. The molecule has 0 fully saturated rings. The van der Waals surface area contributed by atoms with E-state index >= 15 is 0 Å². The fraction of sp³-hybridized carbons (Fsp3) is 0.214. The number of carbonyl (C=O) groups excluding carboxylic acids is 3. The molecule has 2 aromatic rings. The van der Waals surface area contributed by atoms with Crippen LogP contribution in [0.25, 0.3) is 0 Å². The van der Waals surface area contributed by atoms with Crippen molar-refractivity contribution in [1.29, 1.82) is 0 Å².